The Morgan fingerprint density at radius 1 is 1.23 bits per heavy atom. The molecule has 0 bridgehead atoms. The van der Waals surface area contributed by atoms with E-state index >= 15 is 0 Å². The molecule has 1 atom stereocenters. The molecule has 1 aromatic rings. The molecule has 26 heavy (non-hydrogen) atoms. The van der Waals surface area contributed by atoms with Crippen molar-refractivity contribution in [1.29, 1.82) is 0 Å². The van der Waals surface area contributed by atoms with Crippen molar-refractivity contribution in [2.75, 3.05) is 27.2 Å². The lowest BCUT2D eigenvalue weighted by Crippen LogP contribution is -3.00. The molecular formula is C22H34BrNO2. The number of ether oxygens (including phenoxy) is 1. The number of phenolic OH excluding ortho intramolecular Hbond substituents is 1. The van der Waals surface area contributed by atoms with Gasteiger partial charge in [0.2, 0.25) is 0 Å². The normalized spacial score (nSPS) is 18.5. The van der Waals surface area contributed by atoms with E-state index in [0.29, 0.717) is 18.4 Å². The van der Waals surface area contributed by atoms with Gasteiger partial charge in [-0.2, -0.15) is 0 Å². The van der Waals surface area contributed by atoms with Crippen molar-refractivity contribution in [3.05, 3.63) is 46.6 Å². The van der Waals surface area contributed by atoms with Crippen LogP contribution in [0.1, 0.15) is 57.7 Å². The topological polar surface area (TPSA) is 29.5 Å². The Kier molecular flexibility index (Phi) is 8.42. The van der Waals surface area contributed by atoms with E-state index in [-0.39, 0.29) is 22.7 Å². The van der Waals surface area contributed by atoms with Gasteiger partial charge in [-0.25, -0.2) is 0 Å². The highest BCUT2D eigenvalue weighted by Crippen LogP contribution is 2.39. The third kappa shape index (κ3) is 5.88. The van der Waals surface area contributed by atoms with Gasteiger partial charge >= 0.3 is 0 Å². The van der Waals surface area contributed by atoms with Crippen molar-refractivity contribution >= 4 is 0 Å². The van der Waals surface area contributed by atoms with Gasteiger partial charge in [-0.3, -0.25) is 0 Å². The highest BCUT2D eigenvalue weighted by Gasteiger charge is 2.33. The maximum atomic E-state index is 10.4. The number of allylic oxidation sites excluding steroid dienone is 3. The summed E-state index contributed by atoms with van der Waals surface area (Å²) >= 11 is 0. The van der Waals surface area contributed by atoms with Crippen LogP contribution in [0.15, 0.2) is 35.4 Å². The number of rotatable bonds is 6. The fourth-order valence-corrected chi connectivity index (χ4v) is 3.29. The van der Waals surface area contributed by atoms with Crippen LogP contribution in [-0.2, 0) is 6.42 Å². The molecule has 0 aromatic heterocycles. The summed E-state index contributed by atoms with van der Waals surface area (Å²) in [5, 5.41) is 10.4. The first-order valence-electron chi connectivity index (χ1n) is 9.31. The summed E-state index contributed by atoms with van der Waals surface area (Å²) < 4.78 is 6.80. The molecule has 3 nitrogen and oxygen atoms in total. The standard InChI is InChI=1S/C22H33NO2.BrH/c1-16(2)8-7-9-17(3)11-13-25-22-14-19-10-12-23(5,6)18(4)20(19)15-21(22)24;/h8,11,14-15,18H,7,9-10,12-13H2,1-6H3;1H/b17-11+;. The molecule has 0 saturated carbocycles. The van der Waals surface area contributed by atoms with Crippen LogP contribution in [0.2, 0.25) is 0 Å². The molecular weight excluding hydrogens is 390 g/mol. The number of fused-ring (bicyclic) bond motifs is 1. The smallest absolute Gasteiger partial charge is 0.161 e. The van der Waals surface area contributed by atoms with Crippen molar-refractivity contribution in [1.82, 2.24) is 0 Å². The first-order valence-corrected chi connectivity index (χ1v) is 9.31. The summed E-state index contributed by atoms with van der Waals surface area (Å²) in [7, 11) is 4.50. The summed E-state index contributed by atoms with van der Waals surface area (Å²) in [5.41, 5.74) is 5.23. The maximum absolute atomic E-state index is 10.4. The van der Waals surface area contributed by atoms with E-state index in [0.717, 1.165) is 30.3 Å². The van der Waals surface area contributed by atoms with Crippen molar-refractivity contribution in [3.8, 4) is 11.5 Å². The van der Waals surface area contributed by atoms with Gasteiger partial charge in [0.05, 0.1) is 20.6 Å². The summed E-state index contributed by atoms with van der Waals surface area (Å²) in [6.45, 7) is 10.2. The molecule has 1 aliphatic rings. The molecule has 1 aliphatic heterocycles. The van der Waals surface area contributed by atoms with E-state index in [1.165, 1.54) is 22.3 Å². The van der Waals surface area contributed by atoms with Crippen molar-refractivity contribution in [2.45, 2.75) is 53.0 Å². The van der Waals surface area contributed by atoms with Crippen molar-refractivity contribution in [2.24, 2.45) is 0 Å². The number of phenols is 1. The molecule has 4 heteroatoms. The van der Waals surface area contributed by atoms with E-state index in [9.17, 15) is 5.11 Å². The summed E-state index contributed by atoms with van der Waals surface area (Å²) in [5.74, 6) is 0.856. The molecule has 0 fully saturated rings. The maximum Gasteiger partial charge on any atom is 0.161 e. The van der Waals surface area contributed by atoms with Gasteiger partial charge in [-0.1, -0.05) is 17.2 Å². The summed E-state index contributed by atoms with van der Waals surface area (Å²) in [6.07, 6.45) is 7.52. The Balaban J connectivity index is 0.00000338. The number of hydrogen-bond acceptors (Lipinski definition) is 2. The SMILES string of the molecule is CC(C)=CCC/C(C)=C/COc1cc2c(cc1O)C(C)[N+](C)(C)CC2.[Br-]. The van der Waals surface area contributed by atoms with Crippen LogP contribution in [0.25, 0.3) is 0 Å². The second kappa shape index (κ2) is 9.61. The van der Waals surface area contributed by atoms with Gasteiger partial charge in [-0.15, -0.1) is 0 Å². The van der Waals surface area contributed by atoms with Crippen LogP contribution in [0, 0.1) is 0 Å². The number of aromatic hydroxyl groups is 1. The molecule has 1 heterocycles. The van der Waals surface area contributed by atoms with Gasteiger partial charge in [0.15, 0.2) is 11.5 Å². The fourth-order valence-electron chi connectivity index (χ4n) is 3.29. The van der Waals surface area contributed by atoms with Crippen LogP contribution in [-0.4, -0.2) is 36.8 Å². The van der Waals surface area contributed by atoms with Gasteiger partial charge < -0.3 is 31.3 Å². The lowest BCUT2D eigenvalue weighted by atomic mass is 9.91. The monoisotopic (exact) mass is 423 g/mol. The zero-order valence-corrected chi connectivity index (χ0v) is 18.7. The predicted molar refractivity (Wildman–Crippen MR) is 105 cm³/mol. The Labute approximate surface area is 169 Å². The van der Waals surface area contributed by atoms with Crippen LogP contribution in [0.3, 0.4) is 0 Å². The molecule has 0 saturated heterocycles. The third-order valence-electron chi connectivity index (χ3n) is 5.44. The number of quaternary nitrogens is 1. The summed E-state index contributed by atoms with van der Waals surface area (Å²) in [4.78, 5) is 0. The number of hydrogen-bond donors (Lipinski definition) is 1. The van der Waals surface area contributed by atoms with E-state index in [1.807, 2.05) is 12.1 Å². The summed E-state index contributed by atoms with van der Waals surface area (Å²) in [6, 6.07) is 4.33. The Morgan fingerprint density at radius 3 is 2.58 bits per heavy atom. The van der Waals surface area contributed by atoms with Crippen LogP contribution >= 0.6 is 0 Å². The number of benzene rings is 1. The van der Waals surface area contributed by atoms with E-state index < -0.39 is 0 Å². The second-order valence-electron chi connectivity index (χ2n) is 8.13. The van der Waals surface area contributed by atoms with Crippen LogP contribution < -0.4 is 21.7 Å². The molecule has 0 amide bonds. The average Bonchev–Trinajstić information content (AvgIpc) is 2.52. The molecule has 0 spiro atoms. The van der Waals surface area contributed by atoms with Crippen LogP contribution in [0.5, 0.6) is 11.5 Å². The zero-order chi connectivity index (χ0) is 18.6. The van der Waals surface area contributed by atoms with Gasteiger partial charge in [0.25, 0.3) is 0 Å². The number of halogens is 1. The lowest BCUT2D eigenvalue weighted by Gasteiger charge is -2.41. The number of likely N-dealkylation sites (N-methyl/N-ethyl adjacent to an activating group) is 1. The number of nitrogens with zero attached hydrogens (tertiary/aromatic N) is 1. The molecule has 0 radical (unpaired) electrons. The molecule has 146 valence electrons. The van der Waals surface area contributed by atoms with Crippen molar-refractivity contribution in [3.63, 3.8) is 0 Å². The Hall–Kier alpha value is -1.26. The molecule has 1 aromatic carbocycles. The zero-order valence-electron chi connectivity index (χ0n) is 17.1. The quantitative estimate of drug-likeness (QED) is 0.560. The first-order chi connectivity index (χ1) is 11.7. The highest BCUT2D eigenvalue weighted by molar-refractivity contribution is 5.48. The molecule has 1 unspecified atom stereocenters. The average molecular weight is 424 g/mol. The van der Waals surface area contributed by atoms with E-state index in [2.05, 4.69) is 53.9 Å². The molecule has 0 aliphatic carbocycles. The fraction of sp³-hybridized carbons (Fsp3) is 0.545. The Morgan fingerprint density at radius 2 is 1.92 bits per heavy atom. The molecule has 2 rings (SSSR count). The van der Waals surface area contributed by atoms with Gasteiger partial charge in [0.1, 0.15) is 12.6 Å². The minimum absolute atomic E-state index is 0. The lowest BCUT2D eigenvalue weighted by molar-refractivity contribution is -0.921. The highest BCUT2D eigenvalue weighted by atomic mass is 79.9. The van der Waals surface area contributed by atoms with Crippen molar-refractivity contribution < 1.29 is 31.3 Å². The predicted octanol–water partition coefficient (Wildman–Crippen LogP) is 2.16. The largest absolute Gasteiger partial charge is 1.00 e. The minimum atomic E-state index is 0. The van der Waals surface area contributed by atoms with Crippen LogP contribution in [0.4, 0.5) is 0 Å². The van der Waals surface area contributed by atoms with Gasteiger partial charge in [-0.05, 0) is 64.3 Å². The second-order valence-corrected chi connectivity index (χ2v) is 8.13. The van der Waals surface area contributed by atoms with E-state index in [4.69, 9.17) is 4.74 Å². The van der Waals surface area contributed by atoms with E-state index in [1.54, 1.807) is 0 Å². The van der Waals surface area contributed by atoms with Gasteiger partial charge in [0, 0.05) is 12.0 Å². The first kappa shape index (κ1) is 22.8. The Bertz CT molecular complexity index is 673. The third-order valence-corrected chi connectivity index (χ3v) is 5.44. The minimum Gasteiger partial charge on any atom is -1.00 e. The molecule has 1 N–H and O–H groups in total.